The highest BCUT2D eigenvalue weighted by Gasteiger charge is 2.16. The number of unbranched alkanes of at least 4 members (excludes halogenated alkanes) is 36. The smallest absolute Gasteiger partial charge is 0.434 e. The molecular formula is C60H120N2O5. The van der Waals surface area contributed by atoms with E-state index in [2.05, 4.69) is 37.5 Å². The largest absolute Gasteiger partial charge is 0.508 e. The molecule has 0 aliphatic carbocycles. The first kappa shape index (κ1) is 65.7. The van der Waals surface area contributed by atoms with Crippen molar-refractivity contribution in [1.82, 2.24) is 9.80 Å². The van der Waals surface area contributed by atoms with Crippen LogP contribution in [0.4, 0.5) is 4.79 Å². The summed E-state index contributed by atoms with van der Waals surface area (Å²) in [4.78, 5) is 31.1. The number of aliphatic hydroxyl groups excluding tert-OH is 1. The van der Waals surface area contributed by atoms with Gasteiger partial charge in [0.1, 0.15) is 6.10 Å². The van der Waals surface area contributed by atoms with Crippen molar-refractivity contribution in [2.75, 3.05) is 45.9 Å². The van der Waals surface area contributed by atoms with Gasteiger partial charge in [0.15, 0.2) is 0 Å². The molecule has 1 amide bonds. The van der Waals surface area contributed by atoms with Gasteiger partial charge in [-0.1, -0.05) is 233 Å². The molecule has 0 unspecified atom stereocenters. The minimum Gasteiger partial charge on any atom is -0.434 e. The lowest BCUT2D eigenvalue weighted by Crippen LogP contribution is -2.33. The number of hydrogen-bond donors (Lipinski definition) is 1. The van der Waals surface area contributed by atoms with E-state index in [1.165, 1.54) is 193 Å². The van der Waals surface area contributed by atoms with E-state index in [9.17, 15) is 14.7 Å². The maximum atomic E-state index is 13.6. The molecular weight excluding hydrogens is 829 g/mol. The van der Waals surface area contributed by atoms with Crippen LogP contribution in [0.2, 0.25) is 0 Å². The van der Waals surface area contributed by atoms with E-state index in [0.717, 1.165) is 129 Å². The summed E-state index contributed by atoms with van der Waals surface area (Å²) < 4.78 is 11.4. The van der Waals surface area contributed by atoms with Gasteiger partial charge < -0.3 is 24.4 Å². The Kier molecular flexibility index (Phi) is 54.5. The Bertz CT molecular complexity index is 940. The Morgan fingerprint density at radius 3 is 1.07 bits per heavy atom. The molecule has 7 nitrogen and oxygen atoms in total. The van der Waals surface area contributed by atoms with Gasteiger partial charge in [-0.25, -0.2) is 4.79 Å². The second-order valence-electron chi connectivity index (χ2n) is 20.9. The average Bonchev–Trinajstić information content (AvgIpc) is 3.33. The van der Waals surface area contributed by atoms with Gasteiger partial charge >= 0.3 is 6.16 Å². The summed E-state index contributed by atoms with van der Waals surface area (Å²) in [6.07, 6.45) is 55.8. The highest BCUT2D eigenvalue weighted by molar-refractivity contribution is 5.76. The number of amides is 1. The van der Waals surface area contributed by atoms with E-state index in [1.54, 1.807) is 0 Å². The third-order valence-corrected chi connectivity index (χ3v) is 14.3. The van der Waals surface area contributed by atoms with Crippen LogP contribution in [0.15, 0.2) is 0 Å². The van der Waals surface area contributed by atoms with Crippen LogP contribution in [-0.2, 0) is 14.3 Å². The molecule has 0 aromatic carbocycles. The predicted molar refractivity (Wildman–Crippen MR) is 291 cm³/mol. The number of hydrogen-bond acceptors (Lipinski definition) is 6. The summed E-state index contributed by atoms with van der Waals surface area (Å²) in [7, 11) is 0. The molecule has 1 N–H and O–H groups in total. The maximum Gasteiger partial charge on any atom is 0.508 e. The second-order valence-corrected chi connectivity index (χ2v) is 20.9. The van der Waals surface area contributed by atoms with Crippen LogP contribution in [-0.4, -0.2) is 79.0 Å². The Balaban J connectivity index is 4.62. The second kappa shape index (κ2) is 55.6. The molecule has 0 bridgehead atoms. The summed E-state index contributed by atoms with van der Waals surface area (Å²) in [5.41, 5.74) is 0. The molecule has 0 heterocycles. The highest BCUT2D eigenvalue weighted by Crippen LogP contribution is 2.19. The highest BCUT2D eigenvalue weighted by atomic mass is 16.7. The first-order valence-corrected chi connectivity index (χ1v) is 30.5. The van der Waals surface area contributed by atoms with Crippen LogP contribution >= 0.6 is 0 Å². The third kappa shape index (κ3) is 49.4. The van der Waals surface area contributed by atoms with Crippen molar-refractivity contribution in [3.8, 4) is 0 Å². The zero-order valence-corrected chi connectivity index (χ0v) is 46.0. The third-order valence-electron chi connectivity index (χ3n) is 14.3. The van der Waals surface area contributed by atoms with Gasteiger partial charge in [-0.15, -0.1) is 0 Å². The lowest BCUT2D eigenvalue weighted by molar-refractivity contribution is -0.131. The molecule has 0 fully saturated rings. The van der Waals surface area contributed by atoms with Crippen molar-refractivity contribution >= 4 is 12.1 Å². The van der Waals surface area contributed by atoms with E-state index in [0.29, 0.717) is 18.9 Å². The van der Waals surface area contributed by atoms with Crippen LogP contribution in [0.3, 0.4) is 0 Å². The lowest BCUT2D eigenvalue weighted by atomic mass is 10.0. The molecule has 0 aliphatic rings. The van der Waals surface area contributed by atoms with Gasteiger partial charge in [-0.05, 0) is 103 Å². The summed E-state index contributed by atoms with van der Waals surface area (Å²) >= 11 is 0. The van der Waals surface area contributed by atoms with E-state index < -0.39 is 6.16 Å². The fourth-order valence-corrected chi connectivity index (χ4v) is 9.71. The normalized spacial score (nSPS) is 11.6. The first-order valence-electron chi connectivity index (χ1n) is 30.5. The van der Waals surface area contributed by atoms with Crippen LogP contribution in [0, 0.1) is 0 Å². The van der Waals surface area contributed by atoms with Crippen molar-refractivity contribution in [1.29, 1.82) is 0 Å². The van der Waals surface area contributed by atoms with Gasteiger partial charge in [0, 0.05) is 26.1 Å². The minimum atomic E-state index is -0.464. The predicted octanol–water partition coefficient (Wildman–Crippen LogP) is 18.7. The number of carbonyl (C=O) groups is 2. The molecule has 0 aromatic rings. The lowest BCUT2D eigenvalue weighted by Gasteiger charge is -2.24. The van der Waals surface area contributed by atoms with Crippen LogP contribution in [0.1, 0.15) is 323 Å². The molecule has 0 aliphatic heterocycles. The molecule has 0 saturated carbocycles. The number of carbonyl (C=O) groups excluding carboxylic acids is 2. The molecule has 0 atom stereocenters. The monoisotopic (exact) mass is 949 g/mol. The topological polar surface area (TPSA) is 79.3 Å². The molecule has 7 heteroatoms. The molecule has 0 spiro atoms. The number of ether oxygens (including phenoxy) is 2. The first-order chi connectivity index (χ1) is 33.0. The fourth-order valence-electron chi connectivity index (χ4n) is 9.71. The Morgan fingerprint density at radius 1 is 0.373 bits per heavy atom. The number of aliphatic hydroxyl groups is 1. The van der Waals surface area contributed by atoms with Gasteiger partial charge in [-0.2, -0.15) is 0 Å². The maximum absolute atomic E-state index is 13.6. The summed E-state index contributed by atoms with van der Waals surface area (Å²) in [6, 6.07) is 0. The van der Waals surface area contributed by atoms with Crippen molar-refractivity contribution in [3.63, 3.8) is 0 Å². The zero-order chi connectivity index (χ0) is 48.8. The van der Waals surface area contributed by atoms with Gasteiger partial charge in [0.2, 0.25) is 5.91 Å². The minimum absolute atomic E-state index is 0.00239. The van der Waals surface area contributed by atoms with Gasteiger partial charge in [0.25, 0.3) is 0 Å². The molecule has 0 rings (SSSR count). The van der Waals surface area contributed by atoms with E-state index >= 15 is 0 Å². The average molecular weight is 950 g/mol. The Labute approximate surface area is 419 Å². The van der Waals surface area contributed by atoms with Crippen LogP contribution in [0.25, 0.3) is 0 Å². The molecule has 400 valence electrons. The summed E-state index contributed by atoms with van der Waals surface area (Å²) in [5, 5.41) is 9.33. The summed E-state index contributed by atoms with van der Waals surface area (Å²) in [5.74, 6) is 0.395. The van der Waals surface area contributed by atoms with Gasteiger partial charge in [0.05, 0.1) is 6.61 Å². The Hall–Kier alpha value is -1.34. The fraction of sp³-hybridized carbons (Fsp3) is 0.967. The molecule has 67 heavy (non-hydrogen) atoms. The van der Waals surface area contributed by atoms with E-state index in [1.807, 2.05) is 0 Å². The van der Waals surface area contributed by atoms with Crippen LogP contribution < -0.4 is 0 Å². The van der Waals surface area contributed by atoms with E-state index in [-0.39, 0.29) is 12.7 Å². The standard InChI is InChI=1S/C60H120N2O5/c1-5-9-13-17-21-23-25-27-33-44-54-62(55-45-34-28-26-24-22-18-14-10-6-2)59(64)50-40-36-42-52-61(53-43-37-46-56-63)51-41-32-29-35-47-57-66-60(65)67-58(48-38-30-19-15-11-7-3)49-39-31-20-16-12-8-4/h58,63H,5-57H2,1-4H3. The quantitative estimate of drug-likeness (QED) is 0.0483. The zero-order valence-electron chi connectivity index (χ0n) is 46.0. The van der Waals surface area contributed by atoms with Gasteiger partial charge in [-0.3, -0.25) is 4.79 Å². The summed E-state index contributed by atoms with van der Waals surface area (Å²) in [6.45, 7) is 15.0. The Morgan fingerprint density at radius 2 is 0.687 bits per heavy atom. The van der Waals surface area contributed by atoms with Crippen molar-refractivity contribution in [3.05, 3.63) is 0 Å². The number of rotatable bonds is 56. The van der Waals surface area contributed by atoms with E-state index in [4.69, 9.17) is 9.47 Å². The SMILES string of the molecule is CCCCCCCCCCCCN(CCCCCCCCCCCC)C(=O)CCCCCN(CCCCCO)CCCCCCCOC(=O)OC(CCCCCCCC)CCCCCCCC. The molecule has 0 radical (unpaired) electrons. The number of nitrogens with zero attached hydrogens (tertiary/aromatic N) is 2. The van der Waals surface area contributed by atoms with Crippen molar-refractivity contribution in [2.45, 2.75) is 329 Å². The van der Waals surface area contributed by atoms with Crippen LogP contribution in [0.5, 0.6) is 0 Å². The molecule has 0 aromatic heterocycles. The van der Waals surface area contributed by atoms with Crippen molar-refractivity contribution < 1.29 is 24.2 Å². The van der Waals surface area contributed by atoms with Crippen molar-refractivity contribution in [2.24, 2.45) is 0 Å². The molecule has 0 saturated heterocycles.